The number of hydrogen-bond acceptors (Lipinski definition) is 4. The first-order valence-electron chi connectivity index (χ1n) is 10.3. The van der Waals surface area contributed by atoms with Crippen LogP contribution in [0, 0.1) is 11.9 Å². The average molecular weight is 453 g/mol. The maximum Gasteiger partial charge on any atom is 0.253 e. The van der Waals surface area contributed by atoms with Crippen LogP contribution in [0.1, 0.15) is 35.7 Å². The molecular weight excluding hydrogens is 431 g/mol. The van der Waals surface area contributed by atoms with Gasteiger partial charge in [0.15, 0.2) is 0 Å². The lowest BCUT2D eigenvalue weighted by molar-refractivity contribution is -0.116. The normalized spacial score (nSPS) is 13.0. The summed E-state index contributed by atoms with van der Waals surface area (Å²) in [7, 11) is 0. The third kappa shape index (κ3) is 5.11. The molecule has 32 heavy (non-hydrogen) atoms. The van der Waals surface area contributed by atoms with Gasteiger partial charge in [0, 0.05) is 43.5 Å². The van der Waals surface area contributed by atoms with Crippen LogP contribution in [0.5, 0.6) is 0 Å². The summed E-state index contributed by atoms with van der Waals surface area (Å²) in [6.07, 6.45) is 5.09. The van der Waals surface area contributed by atoms with Gasteiger partial charge in [-0.2, -0.15) is 4.39 Å². The molecule has 0 unspecified atom stereocenters. The summed E-state index contributed by atoms with van der Waals surface area (Å²) < 4.78 is 13.6. The van der Waals surface area contributed by atoms with Crippen molar-refractivity contribution < 1.29 is 14.0 Å². The quantitative estimate of drug-likeness (QED) is 0.530. The number of halogens is 2. The molecule has 0 bridgehead atoms. The lowest BCUT2D eigenvalue weighted by Gasteiger charge is -2.22. The lowest BCUT2D eigenvalue weighted by Crippen LogP contribution is -2.30. The van der Waals surface area contributed by atoms with E-state index in [0.717, 1.165) is 18.4 Å². The molecule has 2 amide bonds. The second kappa shape index (κ2) is 9.44. The molecule has 3 aromatic rings. The van der Waals surface area contributed by atoms with Gasteiger partial charge in [-0.25, -0.2) is 4.98 Å². The van der Waals surface area contributed by atoms with E-state index in [0.29, 0.717) is 40.0 Å². The van der Waals surface area contributed by atoms with E-state index in [9.17, 15) is 14.0 Å². The van der Waals surface area contributed by atoms with E-state index < -0.39 is 5.95 Å². The number of hydrogen-bond donors (Lipinski definition) is 1. The molecule has 6 nitrogen and oxygen atoms in total. The summed E-state index contributed by atoms with van der Waals surface area (Å²) in [4.78, 5) is 34.1. The third-order valence-electron chi connectivity index (χ3n) is 5.35. The molecule has 1 saturated carbocycles. The molecule has 1 fully saturated rings. The Bertz CT molecular complexity index is 1150. The maximum atomic E-state index is 13.6. The molecule has 1 aliphatic rings. The molecule has 0 aliphatic heterocycles. The zero-order chi connectivity index (χ0) is 22.7. The van der Waals surface area contributed by atoms with Gasteiger partial charge in [0.2, 0.25) is 11.9 Å². The third-order valence-corrected chi connectivity index (χ3v) is 5.66. The average Bonchev–Trinajstić information content (AvgIpc) is 3.61. The summed E-state index contributed by atoms with van der Waals surface area (Å²) in [5.41, 5.74) is 2.77. The fourth-order valence-corrected chi connectivity index (χ4v) is 3.65. The zero-order valence-electron chi connectivity index (χ0n) is 17.5. The Kier molecular flexibility index (Phi) is 6.46. The standard InChI is InChI=1S/C24H22ClFN4O2/c1-15(31)30(14-16-4-5-16)22-9-7-17(11-20(22)25)21-8-6-19(13-28-21)24(32)29-12-18-3-2-10-27-23(18)26/h2-3,6-11,13,16H,4-5,12,14H2,1H3,(H,29,32). The highest BCUT2D eigenvalue weighted by Gasteiger charge is 2.27. The van der Waals surface area contributed by atoms with Gasteiger partial charge in [0.1, 0.15) is 0 Å². The first kappa shape index (κ1) is 21.9. The van der Waals surface area contributed by atoms with Crippen LogP contribution in [0.25, 0.3) is 11.3 Å². The number of benzene rings is 1. The highest BCUT2D eigenvalue weighted by Crippen LogP contribution is 2.35. The largest absolute Gasteiger partial charge is 0.348 e. The molecule has 4 rings (SSSR count). The van der Waals surface area contributed by atoms with E-state index in [2.05, 4.69) is 15.3 Å². The van der Waals surface area contributed by atoms with E-state index in [1.54, 1.807) is 42.2 Å². The van der Waals surface area contributed by atoms with Crippen LogP contribution in [0.4, 0.5) is 10.1 Å². The van der Waals surface area contributed by atoms with Crippen LogP contribution >= 0.6 is 11.6 Å². The molecule has 0 spiro atoms. The predicted octanol–water partition coefficient (Wildman–Crippen LogP) is 4.63. The SMILES string of the molecule is CC(=O)N(CC1CC1)c1ccc(-c2ccc(C(=O)NCc3cccnc3F)cn2)cc1Cl. The molecule has 1 N–H and O–H groups in total. The van der Waals surface area contributed by atoms with Crippen LogP contribution in [0.15, 0.2) is 54.9 Å². The van der Waals surface area contributed by atoms with Gasteiger partial charge in [0.25, 0.3) is 5.91 Å². The van der Waals surface area contributed by atoms with E-state index in [-0.39, 0.29) is 18.4 Å². The Hall–Kier alpha value is -3.32. The van der Waals surface area contributed by atoms with Crippen molar-refractivity contribution in [3.05, 3.63) is 77.0 Å². The van der Waals surface area contributed by atoms with Gasteiger partial charge in [-0.1, -0.05) is 23.7 Å². The minimum absolute atomic E-state index is 0.0326. The second-order valence-electron chi connectivity index (χ2n) is 7.81. The second-order valence-corrected chi connectivity index (χ2v) is 8.21. The number of carbonyl (C=O) groups is 2. The van der Waals surface area contributed by atoms with Crippen molar-refractivity contribution in [3.8, 4) is 11.3 Å². The lowest BCUT2D eigenvalue weighted by atomic mass is 10.1. The highest BCUT2D eigenvalue weighted by atomic mass is 35.5. The van der Waals surface area contributed by atoms with Crippen molar-refractivity contribution in [1.29, 1.82) is 0 Å². The highest BCUT2D eigenvalue weighted by molar-refractivity contribution is 6.34. The fraction of sp³-hybridized carbons (Fsp3) is 0.250. The number of carbonyl (C=O) groups excluding carboxylic acids is 2. The van der Waals surface area contributed by atoms with Crippen molar-refractivity contribution >= 4 is 29.1 Å². The molecule has 1 aromatic carbocycles. The first-order valence-corrected chi connectivity index (χ1v) is 10.7. The smallest absolute Gasteiger partial charge is 0.253 e. The van der Waals surface area contributed by atoms with Crippen LogP contribution in [-0.2, 0) is 11.3 Å². The minimum Gasteiger partial charge on any atom is -0.348 e. The van der Waals surface area contributed by atoms with Crippen molar-refractivity contribution in [2.45, 2.75) is 26.3 Å². The molecular formula is C24H22ClFN4O2. The first-order chi connectivity index (χ1) is 15.4. The molecule has 2 aromatic heterocycles. The van der Waals surface area contributed by atoms with E-state index in [4.69, 9.17) is 11.6 Å². The van der Waals surface area contributed by atoms with E-state index >= 15 is 0 Å². The summed E-state index contributed by atoms with van der Waals surface area (Å²) in [6, 6.07) is 12.0. The van der Waals surface area contributed by atoms with Crippen LogP contribution < -0.4 is 10.2 Å². The minimum atomic E-state index is -0.609. The summed E-state index contributed by atoms with van der Waals surface area (Å²) in [5.74, 6) is -0.462. The zero-order valence-corrected chi connectivity index (χ0v) is 18.3. The number of rotatable bonds is 7. The molecule has 0 saturated heterocycles. The molecule has 8 heteroatoms. The van der Waals surface area contributed by atoms with E-state index in [1.807, 2.05) is 12.1 Å². The van der Waals surface area contributed by atoms with Crippen molar-refractivity contribution in [2.75, 3.05) is 11.4 Å². The Morgan fingerprint density at radius 1 is 1.19 bits per heavy atom. The summed E-state index contributed by atoms with van der Waals surface area (Å²) >= 11 is 6.49. The number of anilines is 1. The molecule has 0 atom stereocenters. The van der Waals surface area contributed by atoms with Gasteiger partial charge in [-0.15, -0.1) is 0 Å². The number of pyridine rings is 2. The van der Waals surface area contributed by atoms with Crippen molar-refractivity contribution in [2.24, 2.45) is 5.92 Å². The van der Waals surface area contributed by atoms with Gasteiger partial charge in [0.05, 0.1) is 22.0 Å². The Labute approximate surface area is 190 Å². The Morgan fingerprint density at radius 2 is 2.00 bits per heavy atom. The number of nitrogens with zero attached hydrogens (tertiary/aromatic N) is 3. The van der Waals surface area contributed by atoms with Gasteiger partial charge < -0.3 is 10.2 Å². The number of nitrogens with one attached hydrogen (secondary N) is 1. The van der Waals surface area contributed by atoms with Crippen molar-refractivity contribution in [1.82, 2.24) is 15.3 Å². The van der Waals surface area contributed by atoms with Crippen LogP contribution in [-0.4, -0.2) is 28.3 Å². The van der Waals surface area contributed by atoms with Crippen LogP contribution in [0.2, 0.25) is 5.02 Å². The van der Waals surface area contributed by atoms with Gasteiger partial charge in [-0.3, -0.25) is 14.6 Å². The molecule has 1 aliphatic carbocycles. The number of amides is 2. The molecule has 164 valence electrons. The van der Waals surface area contributed by atoms with E-state index in [1.165, 1.54) is 12.4 Å². The molecule has 0 radical (unpaired) electrons. The summed E-state index contributed by atoms with van der Waals surface area (Å²) in [5, 5.41) is 3.13. The fourth-order valence-electron chi connectivity index (χ4n) is 3.37. The Morgan fingerprint density at radius 3 is 2.62 bits per heavy atom. The number of aromatic nitrogens is 2. The van der Waals surface area contributed by atoms with Crippen molar-refractivity contribution in [3.63, 3.8) is 0 Å². The summed E-state index contributed by atoms with van der Waals surface area (Å²) in [6.45, 7) is 2.25. The topological polar surface area (TPSA) is 75.2 Å². The van der Waals surface area contributed by atoms with Gasteiger partial charge >= 0.3 is 0 Å². The maximum absolute atomic E-state index is 13.6. The van der Waals surface area contributed by atoms with Crippen LogP contribution in [0.3, 0.4) is 0 Å². The predicted molar refractivity (Wildman–Crippen MR) is 121 cm³/mol. The van der Waals surface area contributed by atoms with Gasteiger partial charge in [-0.05, 0) is 49.1 Å². The monoisotopic (exact) mass is 452 g/mol. The Balaban J connectivity index is 1.45. The molecule has 2 heterocycles.